The number of benzene rings is 1. The third-order valence-corrected chi connectivity index (χ3v) is 2.95. The molecule has 0 aromatic heterocycles. The van der Waals surface area contributed by atoms with Crippen molar-refractivity contribution in [2.75, 3.05) is 26.8 Å². The number of methoxy groups -OCH3 is 1. The van der Waals surface area contributed by atoms with Crippen LogP contribution in [0.4, 0.5) is 0 Å². The third-order valence-electron chi connectivity index (χ3n) is 2.69. The van der Waals surface area contributed by atoms with E-state index in [9.17, 15) is 9.59 Å². The molecular formula is C14H19ClN2O3. The minimum Gasteiger partial charge on any atom is -0.383 e. The Morgan fingerprint density at radius 2 is 1.95 bits per heavy atom. The summed E-state index contributed by atoms with van der Waals surface area (Å²) in [6, 6.07) is 7.18. The molecule has 1 aromatic rings. The van der Waals surface area contributed by atoms with Gasteiger partial charge in [0.2, 0.25) is 11.8 Å². The van der Waals surface area contributed by atoms with Gasteiger partial charge in [-0.1, -0.05) is 23.7 Å². The van der Waals surface area contributed by atoms with Crippen LogP contribution in [0.3, 0.4) is 0 Å². The fourth-order valence-corrected chi connectivity index (χ4v) is 1.74. The van der Waals surface area contributed by atoms with Crippen LogP contribution >= 0.6 is 11.6 Å². The van der Waals surface area contributed by atoms with Gasteiger partial charge >= 0.3 is 0 Å². The molecule has 0 saturated heterocycles. The van der Waals surface area contributed by atoms with Gasteiger partial charge in [0.1, 0.15) is 0 Å². The lowest BCUT2D eigenvalue weighted by atomic mass is 10.2. The molecule has 0 bridgehead atoms. The number of carbonyl (C=O) groups excluding carboxylic acids is 2. The molecule has 0 heterocycles. The van der Waals surface area contributed by atoms with Crippen LogP contribution < -0.4 is 5.32 Å². The monoisotopic (exact) mass is 298 g/mol. The van der Waals surface area contributed by atoms with Crippen LogP contribution in [0.25, 0.3) is 0 Å². The SMILES string of the molecule is COCCNC(=O)CN(Cc1ccc(Cl)cc1)C(C)=O. The first kappa shape index (κ1) is 16.5. The van der Waals surface area contributed by atoms with Gasteiger partial charge in [0.15, 0.2) is 0 Å². The second kappa shape index (κ2) is 8.55. The molecule has 1 N–H and O–H groups in total. The number of nitrogens with zero attached hydrogens (tertiary/aromatic N) is 1. The molecule has 0 aliphatic rings. The smallest absolute Gasteiger partial charge is 0.239 e. The molecular weight excluding hydrogens is 280 g/mol. The zero-order chi connectivity index (χ0) is 15.0. The molecule has 0 aliphatic carbocycles. The van der Waals surface area contributed by atoms with E-state index >= 15 is 0 Å². The van der Waals surface area contributed by atoms with Crippen molar-refractivity contribution in [1.29, 1.82) is 0 Å². The molecule has 2 amide bonds. The zero-order valence-corrected chi connectivity index (χ0v) is 12.4. The quantitative estimate of drug-likeness (QED) is 0.775. The Morgan fingerprint density at radius 1 is 1.30 bits per heavy atom. The van der Waals surface area contributed by atoms with Gasteiger partial charge in [-0.05, 0) is 17.7 Å². The number of nitrogens with one attached hydrogen (secondary N) is 1. The molecule has 6 heteroatoms. The molecule has 0 saturated carbocycles. The molecule has 0 spiro atoms. The van der Waals surface area contributed by atoms with Gasteiger partial charge in [-0.15, -0.1) is 0 Å². The second-order valence-electron chi connectivity index (χ2n) is 4.34. The van der Waals surface area contributed by atoms with E-state index in [1.54, 1.807) is 19.2 Å². The lowest BCUT2D eigenvalue weighted by Crippen LogP contribution is -2.40. The summed E-state index contributed by atoms with van der Waals surface area (Å²) in [6.45, 7) is 2.73. The number of amides is 2. The lowest BCUT2D eigenvalue weighted by molar-refractivity contribution is -0.135. The van der Waals surface area contributed by atoms with E-state index in [-0.39, 0.29) is 18.4 Å². The van der Waals surface area contributed by atoms with Gasteiger partial charge in [0.05, 0.1) is 13.2 Å². The summed E-state index contributed by atoms with van der Waals surface area (Å²) in [5, 5.41) is 3.32. The Balaban J connectivity index is 2.54. The van der Waals surface area contributed by atoms with Crippen LogP contribution in [0.5, 0.6) is 0 Å². The van der Waals surface area contributed by atoms with Crippen molar-refractivity contribution >= 4 is 23.4 Å². The largest absolute Gasteiger partial charge is 0.383 e. The Labute approximate surface area is 123 Å². The highest BCUT2D eigenvalue weighted by Gasteiger charge is 2.13. The Bertz CT molecular complexity index is 448. The Kier molecular flexibility index (Phi) is 7.04. The maximum absolute atomic E-state index is 11.7. The third kappa shape index (κ3) is 6.04. The average Bonchev–Trinajstić information content (AvgIpc) is 2.40. The van der Waals surface area contributed by atoms with Crippen molar-refractivity contribution in [2.45, 2.75) is 13.5 Å². The zero-order valence-electron chi connectivity index (χ0n) is 11.7. The van der Waals surface area contributed by atoms with Gasteiger partial charge < -0.3 is 15.0 Å². The molecule has 5 nitrogen and oxygen atoms in total. The van der Waals surface area contributed by atoms with E-state index in [0.29, 0.717) is 24.7 Å². The van der Waals surface area contributed by atoms with Crippen molar-refractivity contribution in [3.8, 4) is 0 Å². The number of carbonyl (C=O) groups is 2. The summed E-state index contributed by atoms with van der Waals surface area (Å²) in [5.74, 6) is -0.354. The fraction of sp³-hybridized carbons (Fsp3) is 0.429. The Morgan fingerprint density at radius 3 is 2.50 bits per heavy atom. The minimum absolute atomic E-state index is 0.0294. The highest BCUT2D eigenvalue weighted by atomic mass is 35.5. The van der Waals surface area contributed by atoms with E-state index in [1.807, 2.05) is 12.1 Å². The summed E-state index contributed by atoms with van der Waals surface area (Å²) in [4.78, 5) is 24.7. The van der Waals surface area contributed by atoms with E-state index in [2.05, 4.69) is 5.32 Å². The second-order valence-corrected chi connectivity index (χ2v) is 4.78. The van der Waals surface area contributed by atoms with Gasteiger partial charge in [0.25, 0.3) is 0 Å². The van der Waals surface area contributed by atoms with Crippen LogP contribution in [0, 0.1) is 0 Å². The van der Waals surface area contributed by atoms with Crippen molar-refractivity contribution in [2.24, 2.45) is 0 Å². The maximum atomic E-state index is 11.7. The van der Waals surface area contributed by atoms with Gasteiger partial charge in [-0.2, -0.15) is 0 Å². The first-order chi connectivity index (χ1) is 9.52. The van der Waals surface area contributed by atoms with Gasteiger partial charge in [-0.25, -0.2) is 0 Å². The summed E-state index contributed by atoms with van der Waals surface area (Å²) < 4.78 is 4.84. The highest BCUT2D eigenvalue weighted by molar-refractivity contribution is 6.30. The number of rotatable bonds is 7. The molecule has 1 aromatic carbocycles. The molecule has 1 rings (SSSR count). The van der Waals surface area contributed by atoms with E-state index in [1.165, 1.54) is 11.8 Å². The van der Waals surface area contributed by atoms with Crippen molar-refractivity contribution < 1.29 is 14.3 Å². The first-order valence-corrected chi connectivity index (χ1v) is 6.66. The molecule has 0 aliphatic heterocycles. The molecule has 110 valence electrons. The number of hydrogen-bond acceptors (Lipinski definition) is 3. The average molecular weight is 299 g/mol. The molecule has 20 heavy (non-hydrogen) atoms. The van der Waals surface area contributed by atoms with Crippen LogP contribution in [0.15, 0.2) is 24.3 Å². The maximum Gasteiger partial charge on any atom is 0.239 e. The van der Waals surface area contributed by atoms with Crippen LogP contribution in [-0.4, -0.2) is 43.5 Å². The predicted molar refractivity (Wildman–Crippen MR) is 77.4 cm³/mol. The molecule has 0 radical (unpaired) electrons. The lowest BCUT2D eigenvalue weighted by Gasteiger charge is -2.20. The highest BCUT2D eigenvalue weighted by Crippen LogP contribution is 2.11. The summed E-state index contributed by atoms with van der Waals surface area (Å²) in [6.07, 6.45) is 0. The number of halogens is 1. The normalized spacial score (nSPS) is 10.2. The van der Waals surface area contributed by atoms with Crippen molar-refractivity contribution in [3.05, 3.63) is 34.9 Å². The summed E-state index contributed by atoms with van der Waals surface area (Å²) >= 11 is 5.81. The van der Waals surface area contributed by atoms with Crippen LogP contribution in [0.2, 0.25) is 5.02 Å². The molecule has 0 fully saturated rings. The topological polar surface area (TPSA) is 58.6 Å². The van der Waals surface area contributed by atoms with Gasteiger partial charge in [-0.3, -0.25) is 9.59 Å². The fourth-order valence-electron chi connectivity index (χ4n) is 1.61. The van der Waals surface area contributed by atoms with Gasteiger partial charge in [0, 0.05) is 32.1 Å². The number of ether oxygens (including phenoxy) is 1. The van der Waals surface area contributed by atoms with Crippen molar-refractivity contribution in [3.63, 3.8) is 0 Å². The summed E-state index contributed by atoms with van der Waals surface area (Å²) in [5.41, 5.74) is 0.925. The van der Waals surface area contributed by atoms with E-state index in [0.717, 1.165) is 5.56 Å². The first-order valence-electron chi connectivity index (χ1n) is 6.28. The Hall–Kier alpha value is -1.59. The standard InChI is InChI=1S/C14H19ClN2O3/c1-11(18)17(10-14(19)16-7-8-20-2)9-12-3-5-13(15)6-4-12/h3-6H,7-10H2,1-2H3,(H,16,19). The molecule has 0 unspecified atom stereocenters. The number of hydrogen-bond donors (Lipinski definition) is 1. The minimum atomic E-state index is -0.203. The van der Waals surface area contributed by atoms with E-state index in [4.69, 9.17) is 16.3 Å². The predicted octanol–water partition coefficient (Wildman–Crippen LogP) is 1.45. The van der Waals surface area contributed by atoms with E-state index < -0.39 is 0 Å². The van der Waals surface area contributed by atoms with Crippen LogP contribution in [0.1, 0.15) is 12.5 Å². The molecule has 0 atom stereocenters. The van der Waals surface area contributed by atoms with Crippen molar-refractivity contribution in [1.82, 2.24) is 10.2 Å². The van der Waals surface area contributed by atoms with Crippen LogP contribution in [-0.2, 0) is 20.9 Å². The summed E-state index contributed by atoms with van der Waals surface area (Å²) in [7, 11) is 1.56.